The topological polar surface area (TPSA) is 20.2 Å². The third-order valence-electron chi connectivity index (χ3n) is 1.79. The molecule has 0 saturated carbocycles. The Morgan fingerprint density at radius 1 is 1.25 bits per heavy atom. The van der Waals surface area contributed by atoms with Gasteiger partial charge in [0, 0.05) is 0 Å². The van der Waals surface area contributed by atoms with Crippen LogP contribution >= 0.6 is 13.5 Å². The molecule has 1 N–H and O–H groups in total. The van der Waals surface area contributed by atoms with Crippen LogP contribution in [0.5, 0.6) is 5.75 Å². The fourth-order valence-corrected chi connectivity index (χ4v) is 1.09. The van der Waals surface area contributed by atoms with Gasteiger partial charge in [-0.05, 0) is 24.5 Å². The molecule has 0 radical (unpaired) electrons. The van der Waals surface area contributed by atoms with Gasteiger partial charge in [0.25, 0.3) is 0 Å². The summed E-state index contributed by atoms with van der Waals surface area (Å²) >= 11 is 0. The maximum atomic E-state index is 9.34. The van der Waals surface area contributed by atoms with Crippen molar-refractivity contribution < 1.29 is 5.11 Å². The molecule has 0 atom stereocenters. The highest BCUT2D eigenvalue weighted by molar-refractivity contribution is 7.59. The number of benzene rings is 1. The van der Waals surface area contributed by atoms with Gasteiger partial charge in [0.05, 0.1) is 0 Å². The van der Waals surface area contributed by atoms with Crippen molar-refractivity contribution in [3.8, 4) is 5.75 Å². The summed E-state index contributed by atoms with van der Waals surface area (Å²) in [6.07, 6.45) is 3.31. The first-order valence-electron chi connectivity index (χ1n) is 4.11. The van der Waals surface area contributed by atoms with Crippen LogP contribution in [0.15, 0.2) is 24.3 Å². The Labute approximate surface area is 80.9 Å². The van der Waals surface area contributed by atoms with Crippen LogP contribution in [0.25, 0.3) is 0 Å². The molecular weight excluding hydrogens is 168 g/mol. The first-order chi connectivity index (χ1) is 5.34. The molecule has 2 heteroatoms. The smallest absolute Gasteiger partial charge is 0.118 e. The van der Waals surface area contributed by atoms with Crippen LogP contribution < -0.4 is 0 Å². The van der Waals surface area contributed by atoms with Gasteiger partial charge in [-0.1, -0.05) is 31.5 Å². The summed E-state index contributed by atoms with van der Waals surface area (Å²) in [5.41, 5.74) is 1.06. The van der Waals surface area contributed by atoms with Gasteiger partial charge in [-0.15, -0.1) is 0 Å². The van der Waals surface area contributed by atoms with E-state index in [1.165, 1.54) is 6.42 Å². The van der Waals surface area contributed by atoms with Gasteiger partial charge in [-0.2, -0.15) is 13.5 Å². The van der Waals surface area contributed by atoms with E-state index >= 15 is 0 Å². The maximum Gasteiger partial charge on any atom is 0.118 e. The van der Waals surface area contributed by atoms with Crippen LogP contribution in [0.3, 0.4) is 0 Å². The summed E-state index contributed by atoms with van der Waals surface area (Å²) in [5.74, 6) is 0.431. The average Bonchev–Trinajstić information content (AvgIpc) is 2.03. The fourth-order valence-electron chi connectivity index (χ4n) is 1.09. The number of aromatic hydroxyl groups is 1. The molecular formula is C10H16OS. The molecule has 0 heterocycles. The molecule has 12 heavy (non-hydrogen) atoms. The number of unbranched alkanes of at least 4 members (excludes halogenated alkanes) is 1. The van der Waals surface area contributed by atoms with Crippen LogP contribution in [0, 0.1) is 0 Å². The van der Waals surface area contributed by atoms with Crippen LogP contribution in [-0.2, 0) is 6.42 Å². The van der Waals surface area contributed by atoms with Crippen LogP contribution in [0.1, 0.15) is 25.3 Å². The number of phenols is 1. The second-order valence-corrected chi connectivity index (χ2v) is 2.73. The third-order valence-corrected chi connectivity index (χ3v) is 1.79. The summed E-state index contributed by atoms with van der Waals surface area (Å²) in [5, 5.41) is 9.34. The lowest BCUT2D eigenvalue weighted by molar-refractivity contribution is 0.467. The summed E-state index contributed by atoms with van der Waals surface area (Å²) in [6, 6.07) is 7.53. The van der Waals surface area contributed by atoms with Crippen molar-refractivity contribution in [3.63, 3.8) is 0 Å². The van der Waals surface area contributed by atoms with Crippen LogP contribution in [-0.4, -0.2) is 5.11 Å². The number of phenolic OH excluding ortho intramolecular Hbond substituents is 1. The van der Waals surface area contributed by atoms with Crippen molar-refractivity contribution in [2.45, 2.75) is 26.2 Å². The number of hydrogen-bond donors (Lipinski definition) is 1. The lowest BCUT2D eigenvalue weighted by atomic mass is 10.1. The fraction of sp³-hybridized carbons (Fsp3) is 0.400. The predicted molar refractivity (Wildman–Crippen MR) is 57.1 cm³/mol. The van der Waals surface area contributed by atoms with Crippen molar-refractivity contribution in [1.82, 2.24) is 0 Å². The number of hydrogen-bond acceptors (Lipinski definition) is 1. The zero-order chi connectivity index (χ0) is 8.10. The highest BCUT2D eigenvalue weighted by Crippen LogP contribution is 2.17. The highest BCUT2D eigenvalue weighted by Gasteiger charge is 1.96. The quantitative estimate of drug-likeness (QED) is 0.766. The second-order valence-electron chi connectivity index (χ2n) is 2.73. The molecule has 0 aliphatic carbocycles. The monoisotopic (exact) mass is 184 g/mol. The Hall–Kier alpha value is -0.630. The molecule has 0 saturated heterocycles. The van der Waals surface area contributed by atoms with Crippen LogP contribution in [0.4, 0.5) is 0 Å². The van der Waals surface area contributed by atoms with E-state index < -0.39 is 0 Å². The second kappa shape index (κ2) is 5.95. The Morgan fingerprint density at radius 2 is 1.92 bits per heavy atom. The number of aryl methyl sites for hydroxylation is 1. The summed E-state index contributed by atoms with van der Waals surface area (Å²) in [4.78, 5) is 0. The van der Waals surface area contributed by atoms with E-state index in [0.717, 1.165) is 18.4 Å². The lowest BCUT2D eigenvalue weighted by Crippen LogP contribution is -1.83. The van der Waals surface area contributed by atoms with Gasteiger partial charge >= 0.3 is 0 Å². The van der Waals surface area contributed by atoms with Gasteiger partial charge in [-0.3, -0.25) is 0 Å². The minimum Gasteiger partial charge on any atom is -0.508 e. The minimum atomic E-state index is 0. The first kappa shape index (κ1) is 11.4. The van der Waals surface area contributed by atoms with Gasteiger partial charge in [0.2, 0.25) is 0 Å². The van der Waals surface area contributed by atoms with Crippen molar-refractivity contribution in [1.29, 1.82) is 0 Å². The third kappa shape index (κ3) is 3.18. The first-order valence-corrected chi connectivity index (χ1v) is 4.11. The van der Waals surface area contributed by atoms with Gasteiger partial charge in [0.1, 0.15) is 5.75 Å². The van der Waals surface area contributed by atoms with Gasteiger partial charge in [-0.25, -0.2) is 0 Å². The Morgan fingerprint density at radius 3 is 2.50 bits per heavy atom. The molecule has 68 valence electrons. The maximum absolute atomic E-state index is 9.34. The predicted octanol–water partition coefficient (Wildman–Crippen LogP) is 2.85. The van der Waals surface area contributed by atoms with E-state index in [2.05, 4.69) is 6.92 Å². The number of para-hydroxylation sites is 1. The van der Waals surface area contributed by atoms with E-state index in [4.69, 9.17) is 0 Å². The zero-order valence-corrected chi connectivity index (χ0v) is 8.38. The Balaban J connectivity index is 0.00000121. The summed E-state index contributed by atoms with van der Waals surface area (Å²) in [6.45, 7) is 2.15. The SMILES string of the molecule is CCCCc1ccccc1O.S. The van der Waals surface area contributed by atoms with Crippen molar-refractivity contribution in [2.75, 3.05) is 0 Å². The standard InChI is InChI=1S/C10H14O.H2S/c1-2-3-6-9-7-4-5-8-10(9)11;/h4-5,7-8,11H,2-3,6H2,1H3;1H2. The molecule has 0 fully saturated rings. The molecule has 0 aromatic heterocycles. The van der Waals surface area contributed by atoms with E-state index in [9.17, 15) is 5.11 Å². The summed E-state index contributed by atoms with van der Waals surface area (Å²) < 4.78 is 0. The molecule has 0 aliphatic rings. The normalized spacial score (nSPS) is 9.08. The molecule has 0 bridgehead atoms. The van der Waals surface area contributed by atoms with Gasteiger partial charge < -0.3 is 5.11 Å². The Kier molecular flexibility index (Phi) is 5.64. The molecule has 0 amide bonds. The highest BCUT2D eigenvalue weighted by atomic mass is 32.1. The van der Waals surface area contributed by atoms with E-state index in [-0.39, 0.29) is 13.5 Å². The average molecular weight is 184 g/mol. The summed E-state index contributed by atoms with van der Waals surface area (Å²) in [7, 11) is 0. The minimum absolute atomic E-state index is 0. The molecule has 1 nitrogen and oxygen atoms in total. The molecule has 1 aromatic carbocycles. The molecule has 0 unspecified atom stereocenters. The molecule has 1 rings (SSSR count). The van der Waals surface area contributed by atoms with E-state index in [0.29, 0.717) is 5.75 Å². The van der Waals surface area contributed by atoms with E-state index in [1.54, 1.807) is 6.07 Å². The largest absolute Gasteiger partial charge is 0.508 e. The lowest BCUT2D eigenvalue weighted by Gasteiger charge is -2.01. The van der Waals surface area contributed by atoms with E-state index in [1.807, 2.05) is 18.2 Å². The van der Waals surface area contributed by atoms with Crippen LogP contribution in [0.2, 0.25) is 0 Å². The molecule has 1 aromatic rings. The zero-order valence-electron chi connectivity index (χ0n) is 7.38. The van der Waals surface area contributed by atoms with Crippen molar-refractivity contribution in [3.05, 3.63) is 29.8 Å². The molecule has 0 spiro atoms. The Bertz CT molecular complexity index is 223. The molecule has 0 aliphatic heterocycles. The van der Waals surface area contributed by atoms with Gasteiger partial charge in [0.15, 0.2) is 0 Å². The number of rotatable bonds is 3. The van der Waals surface area contributed by atoms with Crippen molar-refractivity contribution in [2.24, 2.45) is 0 Å². The van der Waals surface area contributed by atoms with Crippen molar-refractivity contribution >= 4 is 13.5 Å².